The van der Waals surface area contributed by atoms with Crippen LogP contribution in [0.1, 0.15) is 12.0 Å². The molecule has 3 rings (SSSR count). The molecule has 0 spiro atoms. The molecule has 120 valence electrons. The molecule has 1 aliphatic rings. The van der Waals surface area contributed by atoms with E-state index in [0.29, 0.717) is 6.54 Å². The molecule has 1 aromatic carbocycles. The van der Waals surface area contributed by atoms with Gasteiger partial charge in [0.05, 0.1) is 6.54 Å². The standard InChI is InChI=1S/C17H21N5O/c1-21(12-16(18)23)11-13-4-2-5-14(8-13)15-9-19-17(20-10-15)22-6-3-7-22/h2,4-5,8-10H,3,6-7,11-12H2,1H3,(H2,18,23). The number of hydrogen-bond acceptors (Lipinski definition) is 5. The minimum absolute atomic E-state index is 0.248. The first-order valence-electron chi connectivity index (χ1n) is 7.75. The van der Waals surface area contributed by atoms with Crippen LogP contribution in [0, 0.1) is 0 Å². The molecule has 1 fully saturated rings. The number of hydrogen-bond donors (Lipinski definition) is 1. The number of nitrogens with two attached hydrogens (primary N) is 1. The van der Waals surface area contributed by atoms with Crippen molar-refractivity contribution in [2.24, 2.45) is 5.73 Å². The third kappa shape index (κ3) is 3.84. The van der Waals surface area contributed by atoms with Gasteiger partial charge in [0.25, 0.3) is 0 Å². The summed E-state index contributed by atoms with van der Waals surface area (Å²) in [5, 5.41) is 0. The summed E-state index contributed by atoms with van der Waals surface area (Å²) in [6.07, 6.45) is 4.95. The summed E-state index contributed by atoms with van der Waals surface area (Å²) >= 11 is 0. The van der Waals surface area contributed by atoms with Crippen LogP contribution in [-0.4, -0.2) is 47.5 Å². The molecule has 6 heteroatoms. The summed E-state index contributed by atoms with van der Waals surface area (Å²) < 4.78 is 0. The molecule has 1 aromatic heterocycles. The van der Waals surface area contributed by atoms with Crippen LogP contribution in [0.5, 0.6) is 0 Å². The number of carbonyl (C=O) groups excluding carboxylic acids is 1. The summed E-state index contributed by atoms with van der Waals surface area (Å²) in [5.41, 5.74) is 8.41. The SMILES string of the molecule is CN(CC(N)=O)Cc1cccc(-c2cnc(N3CCC3)nc2)c1. The second-order valence-electron chi connectivity index (χ2n) is 5.95. The van der Waals surface area contributed by atoms with Crippen molar-refractivity contribution < 1.29 is 4.79 Å². The first-order chi connectivity index (χ1) is 11.1. The zero-order valence-corrected chi connectivity index (χ0v) is 13.3. The molecule has 1 aliphatic heterocycles. The van der Waals surface area contributed by atoms with Gasteiger partial charge in [0.1, 0.15) is 0 Å². The van der Waals surface area contributed by atoms with Gasteiger partial charge in [-0.25, -0.2) is 9.97 Å². The molecule has 2 N–H and O–H groups in total. The Morgan fingerprint density at radius 2 is 2.00 bits per heavy atom. The molecule has 2 heterocycles. The van der Waals surface area contributed by atoms with Crippen molar-refractivity contribution in [3.63, 3.8) is 0 Å². The first kappa shape index (κ1) is 15.4. The van der Waals surface area contributed by atoms with Crippen LogP contribution in [0.25, 0.3) is 11.1 Å². The van der Waals surface area contributed by atoms with Gasteiger partial charge in [0, 0.05) is 37.6 Å². The zero-order chi connectivity index (χ0) is 16.2. The number of amides is 1. The fourth-order valence-corrected chi connectivity index (χ4v) is 2.63. The molecule has 1 amide bonds. The third-order valence-corrected chi connectivity index (χ3v) is 3.92. The fourth-order valence-electron chi connectivity index (χ4n) is 2.63. The quantitative estimate of drug-likeness (QED) is 0.869. The average molecular weight is 311 g/mol. The smallest absolute Gasteiger partial charge is 0.231 e. The second kappa shape index (κ2) is 6.75. The average Bonchev–Trinajstić information content (AvgIpc) is 2.45. The lowest BCUT2D eigenvalue weighted by Gasteiger charge is -2.30. The number of primary amides is 1. The van der Waals surface area contributed by atoms with Crippen molar-refractivity contribution in [1.29, 1.82) is 0 Å². The lowest BCUT2D eigenvalue weighted by Crippen LogP contribution is -2.38. The van der Waals surface area contributed by atoms with E-state index in [4.69, 9.17) is 5.73 Å². The number of anilines is 1. The summed E-state index contributed by atoms with van der Waals surface area (Å²) in [4.78, 5) is 23.9. The Balaban J connectivity index is 1.72. The monoisotopic (exact) mass is 311 g/mol. The molecule has 0 unspecified atom stereocenters. The van der Waals surface area contributed by atoms with Gasteiger partial charge in [-0.2, -0.15) is 0 Å². The van der Waals surface area contributed by atoms with Crippen LogP contribution >= 0.6 is 0 Å². The van der Waals surface area contributed by atoms with Crippen LogP contribution in [0.3, 0.4) is 0 Å². The number of likely N-dealkylation sites (N-methyl/N-ethyl adjacent to an activating group) is 1. The Hall–Kier alpha value is -2.47. The third-order valence-electron chi connectivity index (χ3n) is 3.92. The van der Waals surface area contributed by atoms with Crippen molar-refractivity contribution in [2.75, 3.05) is 31.6 Å². The van der Waals surface area contributed by atoms with Crippen LogP contribution in [0.2, 0.25) is 0 Å². The minimum atomic E-state index is -0.321. The molecule has 0 atom stereocenters. The Kier molecular flexibility index (Phi) is 4.52. The highest BCUT2D eigenvalue weighted by Gasteiger charge is 2.16. The highest BCUT2D eigenvalue weighted by atomic mass is 16.1. The van der Waals surface area contributed by atoms with E-state index in [1.165, 1.54) is 6.42 Å². The molecule has 0 bridgehead atoms. The van der Waals surface area contributed by atoms with Crippen molar-refractivity contribution in [3.8, 4) is 11.1 Å². The molecule has 0 radical (unpaired) electrons. The molecule has 0 saturated carbocycles. The van der Waals surface area contributed by atoms with E-state index < -0.39 is 0 Å². The molecule has 0 aliphatic carbocycles. The van der Waals surface area contributed by atoms with Gasteiger partial charge in [-0.3, -0.25) is 9.69 Å². The molecule has 6 nitrogen and oxygen atoms in total. The Morgan fingerprint density at radius 3 is 2.61 bits per heavy atom. The van der Waals surface area contributed by atoms with E-state index in [1.807, 2.05) is 42.5 Å². The summed E-state index contributed by atoms with van der Waals surface area (Å²) in [7, 11) is 1.88. The van der Waals surface area contributed by atoms with Crippen LogP contribution in [-0.2, 0) is 11.3 Å². The van der Waals surface area contributed by atoms with E-state index in [1.54, 1.807) is 0 Å². The minimum Gasteiger partial charge on any atom is -0.369 e. The van der Waals surface area contributed by atoms with E-state index in [0.717, 1.165) is 35.7 Å². The van der Waals surface area contributed by atoms with Crippen molar-refractivity contribution in [3.05, 3.63) is 42.2 Å². The van der Waals surface area contributed by atoms with Crippen LogP contribution in [0.15, 0.2) is 36.7 Å². The lowest BCUT2D eigenvalue weighted by atomic mass is 10.1. The summed E-state index contributed by atoms with van der Waals surface area (Å²) in [6, 6.07) is 8.18. The van der Waals surface area contributed by atoms with Crippen LogP contribution in [0.4, 0.5) is 5.95 Å². The summed E-state index contributed by atoms with van der Waals surface area (Å²) in [6.45, 7) is 3.00. The van der Waals surface area contributed by atoms with E-state index in [-0.39, 0.29) is 12.5 Å². The Bertz CT molecular complexity index is 682. The van der Waals surface area contributed by atoms with E-state index >= 15 is 0 Å². The molecule has 2 aromatic rings. The van der Waals surface area contributed by atoms with Gasteiger partial charge < -0.3 is 10.6 Å². The van der Waals surface area contributed by atoms with Crippen molar-refractivity contribution >= 4 is 11.9 Å². The number of rotatable bonds is 6. The van der Waals surface area contributed by atoms with Gasteiger partial charge in [0.15, 0.2) is 0 Å². The van der Waals surface area contributed by atoms with Gasteiger partial charge in [0.2, 0.25) is 11.9 Å². The first-order valence-corrected chi connectivity index (χ1v) is 7.75. The predicted octanol–water partition coefficient (Wildman–Crippen LogP) is 1.27. The zero-order valence-electron chi connectivity index (χ0n) is 13.3. The highest BCUT2D eigenvalue weighted by Crippen LogP contribution is 2.22. The number of aromatic nitrogens is 2. The fraction of sp³-hybridized carbons (Fsp3) is 0.353. The maximum absolute atomic E-state index is 11.0. The van der Waals surface area contributed by atoms with E-state index in [2.05, 4.69) is 20.9 Å². The van der Waals surface area contributed by atoms with E-state index in [9.17, 15) is 4.79 Å². The highest BCUT2D eigenvalue weighted by molar-refractivity contribution is 5.75. The molecular weight excluding hydrogens is 290 g/mol. The largest absolute Gasteiger partial charge is 0.369 e. The maximum atomic E-state index is 11.0. The van der Waals surface area contributed by atoms with Gasteiger partial charge >= 0.3 is 0 Å². The molecular formula is C17H21N5O. The molecule has 23 heavy (non-hydrogen) atoms. The number of carbonyl (C=O) groups is 1. The van der Waals surface area contributed by atoms with Crippen LogP contribution < -0.4 is 10.6 Å². The normalized spacial score (nSPS) is 13.9. The topological polar surface area (TPSA) is 75.3 Å². The number of benzene rings is 1. The second-order valence-corrected chi connectivity index (χ2v) is 5.95. The van der Waals surface area contributed by atoms with Gasteiger partial charge in [-0.05, 0) is 30.7 Å². The lowest BCUT2D eigenvalue weighted by molar-refractivity contribution is -0.118. The predicted molar refractivity (Wildman–Crippen MR) is 89.8 cm³/mol. The number of nitrogens with zero attached hydrogens (tertiary/aromatic N) is 4. The molecule has 1 saturated heterocycles. The van der Waals surface area contributed by atoms with Crippen molar-refractivity contribution in [1.82, 2.24) is 14.9 Å². The maximum Gasteiger partial charge on any atom is 0.231 e. The van der Waals surface area contributed by atoms with Gasteiger partial charge in [-0.15, -0.1) is 0 Å². The Labute approximate surface area is 135 Å². The van der Waals surface area contributed by atoms with Crippen molar-refractivity contribution in [2.45, 2.75) is 13.0 Å². The summed E-state index contributed by atoms with van der Waals surface area (Å²) in [5.74, 6) is 0.482. The Morgan fingerprint density at radius 1 is 1.26 bits per heavy atom. The van der Waals surface area contributed by atoms with Gasteiger partial charge in [-0.1, -0.05) is 18.2 Å².